The van der Waals surface area contributed by atoms with Gasteiger partial charge in [0.25, 0.3) is 0 Å². The van der Waals surface area contributed by atoms with E-state index in [2.05, 4.69) is 0 Å². The molecular formula is C20H18O5. The van der Waals surface area contributed by atoms with E-state index in [9.17, 15) is 19.5 Å². The molecule has 1 heterocycles. The fourth-order valence-electron chi connectivity index (χ4n) is 3.09. The standard InChI is InChI=1S/C20H18O5/c1-12-8-14-9-17(20(2,24)19(23)16(14)11-25-12)15(10-21)18(22)13-6-4-3-5-7-13/h3-7,9-12,24H,8H2,1-2H3/b17-15+. The van der Waals surface area contributed by atoms with Crippen LogP contribution < -0.4 is 0 Å². The Morgan fingerprint density at radius 1 is 1.32 bits per heavy atom. The minimum absolute atomic E-state index is 0.0302. The lowest BCUT2D eigenvalue weighted by Gasteiger charge is -2.34. The number of benzene rings is 1. The highest BCUT2D eigenvalue weighted by molar-refractivity contribution is 6.23. The van der Waals surface area contributed by atoms with Crippen molar-refractivity contribution in [2.45, 2.75) is 32.0 Å². The molecule has 0 aromatic heterocycles. The molecule has 0 fully saturated rings. The molecule has 2 atom stereocenters. The Bertz CT molecular complexity index is 840. The van der Waals surface area contributed by atoms with Crippen molar-refractivity contribution in [2.75, 3.05) is 0 Å². The molecule has 25 heavy (non-hydrogen) atoms. The van der Waals surface area contributed by atoms with E-state index < -0.39 is 17.2 Å². The number of carbonyl (C=O) groups is 3. The van der Waals surface area contributed by atoms with Crippen molar-refractivity contribution in [3.05, 3.63) is 70.5 Å². The van der Waals surface area contributed by atoms with Gasteiger partial charge in [0.15, 0.2) is 17.7 Å². The van der Waals surface area contributed by atoms with Gasteiger partial charge < -0.3 is 9.84 Å². The lowest BCUT2D eigenvalue weighted by atomic mass is 9.74. The number of ether oxygens (including phenoxy) is 1. The van der Waals surface area contributed by atoms with Crippen LogP contribution in [0.2, 0.25) is 0 Å². The normalized spacial score (nSPS) is 27.5. The first-order valence-electron chi connectivity index (χ1n) is 7.99. The van der Waals surface area contributed by atoms with Gasteiger partial charge in [0.1, 0.15) is 0 Å². The van der Waals surface area contributed by atoms with Gasteiger partial charge in [-0.3, -0.25) is 14.4 Å². The van der Waals surface area contributed by atoms with Gasteiger partial charge in [-0.2, -0.15) is 0 Å². The molecule has 1 N–H and O–H groups in total. The molecule has 0 radical (unpaired) electrons. The molecular weight excluding hydrogens is 320 g/mol. The van der Waals surface area contributed by atoms with Crippen molar-refractivity contribution in [3.8, 4) is 0 Å². The topological polar surface area (TPSA) is 80.7 Å². The molecule has 0 bridgehead atoms. The van der Waals surface area contributed by atoms with Crippen LogP contribution in [0.5, 0.6) is 0 Å². The third kappa shape index (κ3) is 2.87. The van der Waals surface area contributed by atoms with Crippen LogP contribution in [0.15, 0.2) is 65.0 Å². The first-order chi connectivity index (χ1) is 11.9. The van der Waals surface area contributed by atoms with E-state index in [1.807, 2.05) is 6.92 Å². The van der Waals surface area contributed by atoms with Crippen molar-refractivity contribution in [2.24, 2.45) is 0 Å². The molecule has 1 aliphatic heterocycles. The van der Waals surface area contributed by atoms with E-state index in [1.165, 1.54) is 13.2 Å². The van der Waals surface area contributed by atoms with Gasteiger partial charge >= 0.3 is 0 Å². The zero-order valence-electron chi connectivity index (χ0n) is 14.0. The lowest BCUT2D eigenvalue weighted by molar-refractivity contribution is -0.128. The van der Waals surface area contributed by atoms with Gasteiger partial charge in [-0.1, -0.05) is 36.4 Å². The number of hydrogen-bond donors (Lipinski definition) is 1. The number of rotatable bonds is 3. The van der Waals surface area contributed by atoms with Crippen molar-refractivity contribution in [3.63, 3.8) is 0 Å². The maximum Gasteiger partial charge on any atom is 0.201 e. The molecule has 1 aliphatic carbocycles. The van der Waals surface area contributed by atoms with Crippen LogP contribution in [0.3, 0.4) is 0 Å². The van der Waals surface area contributed by atoms with Crippen LogP contribution in [0.25, 0.3) is 0 Å². The lowest BCUT2D eigenvalue weighted by Crippen LogP contribution is -2.43. The Morgan fingerprint density at radius 3 is 2.64 bits per heavy atom. The van der Waals surface area contributed by atoms with Crippen LogP contribution in [0.1, 0.15) is 30.6 Å². The van der Waals surface area contributed by atoms with Gasteiger partial charge in [0.05, 0.1) is 23.5 Å². The van der Waals surface area contributed by atoms with Crippen molar-refractivity contribution >= 4 is 17.9 Å². The minimum Gasteiger partial charge on any atom is -0.497 e. The second-order valence-corrected chi connectivity index (χ2v) is 6.39. The fourth-order valence-corrected chi connectivity index (χ4v) is 3.09. The maximum atomic E-state index is 12.7. The Morgan fingerprint density at radius 2 is 2.00 bits per heavy atom. The van der Waals surface area contributed by atoms with Crippen LogP contribution in [0, 0.1) is 0 Å². The quantitative estimate of drug-likeness (QED) is 0.301. The summed E-state index contributed by atoms with van der Waals surface area (Å²) < 4.78 is 5.36. The summed E-state index contributed by atoms with van der Waals surface area (Å²) in [4.78, 5) is 37.1. The smallest absolute Gasteiger partial charge is 0.201 e. The van der Waals surface area contributed by atoms with Crippen LogP contribution in [-0.2, 0) is 14.3 Å². The van der Waals surface area contributed by atoms with E-state index in [-0.39, 0.29) is 22.8 Å². The number of aliphatic hydroxyl groups is 1. The SMILES string of the molecule is CC1CC2=C/C(=C(/C=O)C(=O)c3ccccc3)C(C)(O)C(=O)C2=CO1. The van der Waals surface area contributed by atoms with Crippen LogP contribution in [0.4, 0.5) is 0 Å². The van der Waals surface area contributed by atoms with E-state index in [4.69, 9.17) is 4.74 Å². The number of fused-ring (bicyclic) bond motifs is 1. The summed E-state index contributed by atoms with van der Waals surface area (Å²) in [5.41, 5.74) is -0.895. The second-order valence-electron chi connectivity index (χ2n) is 6.39. The predicted octanol–water partition coefficient (Wildman–Crippen LogP) is 2.32. The summed E-state index contributed by atoms with van der Waals surface area (Å²) >= 11 is 0. The van der Waals surface area contributed by atoms with Gasteiger partial charge in [-0.05, 0) is 19.4 Å². The highest BCUT2D eigenvalue weighted by Crippen LogP contribution is 2.38. The Kier molecular flexibility index (Phi) is 4.27. The highest BCUT2D eigenvalue weighted by Gasteiger charge is 2.44. The predicted molar refractivity (Wildman–Crippen MR) is 90.8 cm³/mol. The molecule has 5 nitrogen and oxygen atoms in total. The summed E-state index contributed by atoms with van der Waals surface area (Å²) in [6.07, 6.45) is 3.64. The molecule has 3 rings (SSSR count). The number of hydrogen-bond acceptors (Lipinski definition) is 5. The average molecular weight is 338 g/mol. The number of aldehydes is 1. The molecule has 1 aromatic rings. The maximum absolute atomic E-state index is 12.7. The number of allylic oxidation sites excluding steroid dienone is 1. The van der Waals surface area contributed by atoms with Gasteiger partial charge in [0.2, 0.25) is 5.78 Å². The molecule has 0 spiro atoms. The summed E-state index contributed by atoms with van der Waals surface area (Å²) in [7, 11) is 0. The fraction of sp³-hybridized carbons (Fsp3) is 0.250. The van der Waals surface area contributed by atoms with E-state index in [0.717, 1.165) is 0 Å². The van der Waals surface area contributed by atoms with E-state index in [1.54, 1.807) is 36.4 Å². The zero-order valence-corrected chi connectivity index (χ0v) is 14.0. The Hall–Kier alpha value is -2.79. The van der Waals surface area contributed by atoms with Gasteiger partial charge in [0, 0.05) is 17.6 Å². The molecule has 1 aromatic carbocycles. The third-order valence-electron chi connectivity index (χ3n) is 4.49. The monoisotopic (exact) mass is 338 g/mol. The second kappa shape index (κ2) is 6.26. The molecule has 0 amide bonds. The summed E-state index contributed by atoms with van der Waals surface area (Å²) in [6.45, 7) is 3.14. The summed E-state index contributed by atoms with van der Waals surface area (Å²) in [5.74, 6) is -1.10. The number of ketones is 2. The Labute approximate surface area is 145 Å². The molecule has 128 valence electrons. The first-order valence-corrected chi connectivity index (χ1v) is 7.99. The molecule has 5 heteroatoms. The average Bonchev–Trinajstić information content (AvgIpc) is 2.60. The van der Waals surface area contributed by atoms with Crippen LogP contribution in [-0.4, -0.2) is 34.7 Å². The van der Waals surface area contributed by atoms with Crippen molar-refractivity contribution < 1.29 is 24.2 Å². The number of Topliss-reactive ketones (excluding diaryl/α,β-unsaturated/α-hetero) is 2. The molecule has 2 unspecified atom stereocenters. The molecule has 0 saturated heterocycles. The van der Waals surface area contributed by atoms with Crippen molar-refractivity contribution in [1.82, 2.24) is 0 Å². The number of carbonyl (C=O) groups excluding carboxylic acids is 3. The van der Waals surface area contributed by atoms with Crippen LogP contribution >= 0.6 is 0 Å². The Balaban J connectivity index is 2.19. The van der Waals surface area contributed by atoms with E-state index >= 15 is 0 Å². The molecule has 2 aliphatic rings. The molecule has 0 saturated carbocycles. The van der Waals surface area contributed by atoms with Gasteiger partial charge in [-0.25, -0.2) is 0 Å². The largest absolute Gasteiger partial charge is 0.497 e. The van der Waals surface area contributed by atoms with Crippen molar-refractivity contribution in [1.29, 1.82) is 0 Å². The summed E-state index contributed by atoms with van der Waals surface area (Å²) in [6, 6.07) is 8.29. The minimum atomic E-state index is -1.97. The van der Waals surface area contributed by atoms with Gasteiger partial charge in [-0.15, -0.1) is 0 Å². The summed E-state index contributed by atoms with van der Waals surface area (Å²) in [5, 5.41) is 10.7. The first kappa shape index (κ1) is 17.0. The third-order valence-corrected chi connectivity index (χ3v) is 4.49. The highest BCUT2D eigenvalue weighted by atomic mass is 16.5. The zero-order chi connectivity index (χ0) is 18.2. The van der Waals surface area contributed by atoms with E-state index in [0.29, 0.717) is 23.8 Å².